The SMILES string of the molecule is CC(NC(=O)CNc1cccc(S(=O)(=O)N2CCCCCC2)c1)c1cc2ccccc2o1. The minimum atomic E-state index is -3.53. The lowest BCUT2D eigenvalue weighted by molar-refractivity contribution is -0.120. The topological polar surface area (TPSA) is 91.7 Å². The van der Waals surface area contributed by atoms with Crippen molar-refractivity contribution < 1.29 is 17.6 Å². The molecule has 1 amide bonds. The molecule has 1 aromatic heterocycles. The maximum absolute atomic E-state index is 13.0. The van der Waals surface area contributed by atoms with Gasteiger partial charge in [0.05, 0.1) is 17.5 Å². The molecule has 0 spiro atoms. The number of rotatable bonds is 7. The lowest BCUT2D eigenvalue weighted by Crippen LogP contribution is -2.32. The molecule has 0 bridgehead atoms. The second-order valence-electron chi connectivity index (χ2n) is 8.18. The van der Waals surface area contributed by atoms with Gasteiger partial charge in [0, 0.05) is 24.2 Å². The Labute approximate surface area is 188 Å². The number of sulfonamides is 1. The molecular weight excluding hydrogens is 426 g/mol. The molecule has 7 nitrogen and oxygen atoms in total. The van der Waals surface area contributed by atoms with Gasteiger partial charge in [0.15, 0.2) is 0 Å². The van der Waals surface area contributed by atoms with Gasteiger partial charge in [-0.25, -0.2) is 8.42 Å². The first-order valence-electron chi connectivity index (χ1n) is 11.1. The summed E-state index contributed by atoms with van der Waals surface area (Å²) in [6.07, 6.45) is 3.91. The molecule has 0 saturated carbocycles. The Kier molecular flexibility index (Phi) is 6.81. The van der Waals surface area contributed by atoms with E-state index in [4.69, 9.17) is 4.42 Å². The normalized spacial score (nSPS) is 16.4. The maximum Gasteiger partial charge on any atom is 0.243 e. The van der Waals surface area contributed by atoms with Gasteiger partial charge >= 0.3 is 0 Å². The quantitative estimate of drug-likeness (QED) is 0.555. The van der Waals surface area contributed by atoms with Gasteiger partial charge in [0.25, 0.3) is 0 Å². The van der Waals surface area contributed by atoms with Crippen LogP contribution in [-0.2, 0) is 14.8 Å². The second kappa shape index (κ2) is 9.75. The number of hydrogen-bond acceptors (Lipinski definition) is 5. The van der Waals surface area contributed by atoms with E-state index in [2.05, 4.69) is 10.6 Å². The van der Waals surface area contributed by atoms with E-state index in [0.29, 0.717) is 24.5 Å². The molecule has 170 valence electrons. The van der Waals surface area contributed by atoms with Crippen LogP contribution in [-0.4, -0.2) is 38.3 Å². The number of para-hydroxylation sites is 1. The van der Waals surface area contributed by atoms with E-state index >= 15 is 0 Å². The molecule has 1 unspecified atom stereocenters. The monoisotopic (exact) mass is 455 g/mol. The Bertz CT molecular complexity index is 1150. The highest BCUT2D eigenvalue weighted by Gasteiger charge is 2.25. The van der Waals surface area contributed by atoms with Crippen molar-refractivity contribution in [1.29, 1.82) is 0 Å². The van der Waals surface area contributed by atoms with Crippen molar-refractivity contribution in [3.05, 3.63) is 60.4 Å². The largest absolute Gasteiger partial charge is 0.459 e. The highest BCUT2D eigenvalue weighted by molar-refractivity contribution is 7.89. The van der Waals surface area contributed by atoms with Crippen LogP contribution in [0.15, 0.2) is 63.9 Å². The molecule has 32 heavy (non-hydrogen) atoms. The summed E-state index contributed by atoms with van der Waals surface area (Å²) < 4.78 is 33.4. The Morgan fingerprint density at radius 2 is 1.78 bits per heavy atom. The fourth-order valence-electron chi connectivity index (χ4n) is 3.96. The Balaban J connectivity index is 1.36. The molecular formula is C24H29N3O4S. The van der Waals surface area contributed by atoms with Crippen molar-refractivity contribution in [2.75, 3.05) is 25.0 Å². The fraction of sp³-hybridized carbons (Fsp3) is 0.375. The van der Waals surface area contributed by atoms with Crippen molar-refractivity contribution in [2.45, 2.75) is 43.5 Å². The van der Waals surface area contributed by atoms with Crippen molar-refractivity contribution in [3.63, 3.8) is 0 Å². The van der Waals surface area contributed by atoms with Crippen LogP contribution in [0.4, 0.5) is 5.69 Å². The average Bonchev–Trinajstić information content (AvgIpc) is 3.03. The zero-order valence-electron chi connectivity index (χ0n) is 18.2. The summed E-state index contributed by atoms with van der Waals surface area (Å²) in [5.41, 5.74) is 1.37. The predicted molar refractivity (Wildman–Crippen MR) is 125 cm³/mol. The predicted octanol–water partition coefficient (Wildman–Crippen LogP) is 4.29. The number of carbonyl (C=O) groups is 1. The zero-order valence-corrected chi connectivity index (χ0v) is 19.0. The van der Waals surface area contributed by atoms with Crippen LogP contribution >= 0.6 is 0 Å². The van der Waals surface area contributed by atoms with Gasteiger partial charge in [-0.1, -0.05) is 37.1 Å². The van der Waals surface area contributed by atoms with Crippen molar-refractivity contribution >= 4 is 32.6 Å². The fourth-order valence-corrected chi connectivity index (χ4v) is 5.52. The van der Waals surface area contributed by atoms with Gasteiger partial charge in [-0.15, -0.1) is 0 Å². The third-order valence-corrected chi connectivity index (χ3v) is 7.63. The number of fused-ring (bicyclic) bond motifs is 1. The molecule has 1 saturated heterocycles. The summed E-state index contributed by atoms with van der Waals surface area (Å²) in [6.45, 7) is 3.01. The first kappa shape index (κ1) is 22.4. The molecule has 8 heteroatoms. The molecule has 1 fully saturated rings. The molecule has 0 radical (unpaired) electrons. The molecule has 0 aliphatic carbocycles. The third-order valence-electron chi connectivity index (χ3n) is 5.74. The summed E-state index contributed by atoms with van der Waals surface area (Å²) in [5.74, 6) is 0.476. The highest BCUT2D eigenvalue weighted by atomic mass is 32.2. The number of nitrogens with zero attached hydrogens (tertiary/aromatic N) is 1. The Morgan fingerprint density at radius 3 is 2.53 bits per heavy atom. The molecule has 2 N–H and O–H groups in total. The van der Waals surface area contributed by atoms with Crippen LogP contribution in [0.2, 0.25) is 0 Å². The van der Waals surface area contributed by atoms with Gasteiger partial charge in [-0.2, -0.15) is 4.31 Å². The summed E-state index contributed by atoms with van der Waals surface area (Å²) in [7, 11) is -3.53. The summed E-state index contributed by atoms with van der Waals surface area (Å²) >= 11 is 0. The first-order chi connectivity index (χ1) is 15.4. The summed E-state index contributed by atoms with van der Waals surface area (Å²) in [6, 6.07) is 16.0. The van der Waals surface area contributed by atoms with Gasteiger partial charge < -0.3 is 15.1 Å². The third kappa shape index (κ3) is 5.14. The van der Waals surface area contributed by atoms with Gasteiger partial charge in [-0.3, -0.25) is 4.79 Å². The Hall–Kier alpha value is -2.84. The summed E-state index contributed by atoms with van der Waals surface area (Å²) in [5, 5.41) is 6.93. The van der Waals surface area contributed by atoms with E-state index in [1.807, 2.05) is 37.3 Å². The maximum atomic E-state index is 13.0. The van der Waals surface area contributed by atoms with Crippen LogP contribution in [0.1, 0.15) is 44.4 Å². The minimum absolute atomic E-state index is 0.0256. The number of nitrogens with one attached hydrogen (secondary N) is 2. The molecule has 4 rings (SSSR count). The van der Waals surface area contributed by atoms with Gasteiger partial charge in [0.1, 0.15) is 11.3 Å². The first-order valence-corrected chi connectivity index (χ1v) is 12.5. The number of amides is 1. The van der Waals surface area contributed by atoms with Crippen LogP contribution in [0.3, 0.4) is 0 Å². The van der Waals surface area contributed by atoms with E-state index < -0.39 is 10.0 Å². The summed E-state index contributed by atoms with van der Waals surface area (Å²) in [4.78, 5) is 12.7. The Morgan fingerprint density at radius 1 is 1.03 bits per heavy atom. The van der Waals surface area contributed by atoms with Crippen LogP contribution < -0.4 is 10.6 Å². The lowest BCUT2D eigenvalue weighted by atomic mass is 10.2. The smallest absolute Gasteiger partial charge is 0.243 e. The van der Waals surface area contributed by atoms with Gasteiger partial charge in [0.2, 0.25) is 15.9 Å². The molecule has 2 aromatic carbocycles. The molecule has 3 aromatic rings. The van der Waals surface area contributed by atoms with E-state index in [1.54, 1.807) is 28.6 Å². The van der Waals surface area contributed by atoms with Crippen LogP contribution in [0, 0.1) is 0 Å². The standard InChI is InChI=1S/C24H29N3O4S/c1-18(23-15-19-9-4-5-12-22(19)31-23)26-24(28)17-25-20-10-8-11-21(16-20)32(29,30)27-13-6-2-3-7-14-27/h4-5,8-12,15-16,18,25H,2-3,6-7,13-14,17H2,1H3,(H,26,28). The molecule has 1 aliphatic heterocycles. The number of hydrogen-bond donors (Lipinski definition) is 2. The minimum Gasteiger partial charge on any atom is -0.459 e. The number of anilines is 1. The van der Waals surface area contributed by atoms with E-state index in [1.165, 1.54) is 0 Å². The van der Waals surface area contributed by atoms with E-state index in [-0.39, 0.29) is 23.4 Å². The zero-order chi connectivity index (χ0) is 22.6. The lowest BCUT2D eigenvalue weighted by Gasteiger charge is -2.20. The van der Waals surface area contributed by atoms with E-state index in [0.717, 1.165) is 36.7 Å². The van der Waals surface area contributed by atoms with Crippen molar-refractivity contribution in [3.8, 4) is 0 Å². The second-order valence-corrected chi connectivity index (χ2v) is 10.1. The van der Waals surface area contributed by atoms with Crippen LogP contribution in [0.25, 0.3) is 11.0 Å². The molecule has 2 heterocycles. The van der Waals surface area contributed by atoms with E-state index in [9.17, 15) is 13.2 Å². The molecule has 1 atom stereocenters. The molecule has 1 aliphatic rings. The van der Waals surface area contributed by atoms with Gasteiger partial charge in [-0.05, 0) is 50.1 Å². The van der Waals surface area contributed by atoms with Crippen LogP contribution in [0.5, 0.6) is 0 Å². The highest BCUT2D eigenvalue weighted by Crippen LogP contribution is 2.24. The number of benzene rings is 2. The number of furan rings is 1. The number of carbonyl (C=O) groups excluding carboxylic acids is 1. The van der Waals surface area contributed by atoms with Crippen molar-refractivity contribution in [2.24, 2.45) is 0 Å². The average molecular weight is 456 g/mol. The van der Waals surface area contributed by atoms with Crippen molar-refractivity contribution in [1.82, 2.24) is 9.62 Å².